The first kappa shape index (κ1) is 10.1. The Balaban J connectivity index is 2.64. The smallest absolute Gasteiger partial charge is 0.162 e. The third kappa shape index (κ3) is 1.97. The molecular formula is C11H10ClN3. The highest BCUT2D eigenvalue weighted by atomic mass is 35.5. The van der Waals surface area contributed by atoms with E-state index in [1.807, 2.05) is 19.9 Å². The molecule has 0 aliphatic heterocycles. The molecule has 3 nitrogen and oxygen atoms in total. The Morgan fingerprint density at radius 2 is 1.80 bits per heavy atom. The number of pyridine rings is 1. The SMILES string of the molecule is Cc1cc(Cl)c(-c2ncccn2)c(C)n1. The Morgan fingerprint density at radius 3 is 2.40 bits per heavy atom. The van der Waals surface area contributed by atoms with E-state index in [4.69, 9.17) is 11.6 Å². The second-order valence-corrected chi connectivity index (χ2v) is 3.69. The van der Waals surface area contributed by atoms with E-state index >= 15 is 0 Å². The minimum atomic E-state index is 0.618. The summed E-state index contributed by atoms with van der Waals surface area (Å²) in [5.74, 6) is 0.618. The molecule has 76 valence electrons. The largest absolute Gasteiger partial charge is 0.258 e. The average Bonchev–Trinajstić information content (AvgIpc) is 2.17. The standard InChI is InChI=1S/C11H10ClN3/c1-7-6-9(12)10(8(2)15-7)11-13-4-3-5-14-11/h3-6H,1-2H3. The minimum absolute atomic E-state index is 0.618. The summed E-state index contributed by atoms with van der Waals surface area (Å²) in [7, 11) is 0. The number of hydrogen-bond donors (Lipinski definition) is 0. The molecule has 0 radical (unpaired) electrons. The Morgan fingerprint density at radius 1 is 1.13 bits per heavy atom. The molecule has 0 spiro atoms. The highest BCUT2D eigenvalue weighted by Crippen LogP contribution is 2.27. The van der Waals surface area contributed by atoms with Crippen LogP contribution in [0.3, 0.4) is 0 Å². The number of aryl methyl sites for hydroxylation is 2. The van der Waals surface area contributed by atoms with Crippen LogP contribution in [-0.2, 0) is 0 Å². The molecule has 0 unspecified atom stereocenters. The van der Waals surface area contributed by atoms with Crippen molar-refractivity contribution in [1.29, 1.82) is 0 Å². The average molecular weight is 220 g/mol. The van der Waals surface area contributed by atoms with E-state index in [2.05, 4.69) is 15.0 Å². The second-order valence-electron chi connectivity index (χ2n) is 3.28. The number of hydrogen-bond acceptors (Lipinski definition) is 3. The van der Waals surface area contributed by atoms with Gasteiger partial charge in [-0.05, 0) is 26.0 Å². The van der Waals surface area contributed by atoms with Gasteiger partial charge in [-0.15, -0.1) is 0 Å². The van der Waals surface area contributed by atoms with Gasteiger partial charge in [0.15, 0.2) is 5.82 Å². The van der Waals surface area contributed by atoms with Crippen LogP contribution in [0.15, 0.2) is 24.5 Å². The van der Waals surface area contributed by atoms with Crippen molar-refractivity contribution in [2.75, 3.05) is 0 Å². The molecule has 0 aromatic carbocycles. The van der Waals surface area contributed by atoms with Crippen molar-refractivity contribution in [1.82, 2.24) is 15.0 Å². The first-order chi connectivity index (χ1) is 7.18. The van der Waals surface area contributed by atoms with Gasteiger partial charge in [0.1, 0.15) is 0 Å². The summed E-state index contributed by atoms with van der Waals surface area (Å²) in [4.78, 5) is 12.7. The molecule has 0 fully saturated rings. The van der Waals surface area contributed by atoms with Gasteiger partial charge in [0.2, 0.25) is 0 Å². The lowest BCUT2D eigenvalue weighted by molar-refractivity contribution is 1.09. The van der Waals surface area contributed by atoms with Crippen molar-refractivity contribution in [2.45, 2.75) is 13.8 Å². The van der Waals surface area contributed by atoms with Crippen molar-refractivity contribution in [3.63, 3.8) is 0 Å². The third-order valence-electron chi connectivity index (χ3n) is 2.07. The molecule has 2 rings (SSSR count). The molecule has 0 bridgehead atoms. The van der Waals surface area contributed by atoms with E-state index in [1.165, 1.54) is 0 Å². The number of halogens is 1. The molecule has 0 atom stereocenters. The molecule has 4 heteroatoms. The van der Waals surface area contributed by atoms with E-state index in [9.17, 15) is 0 Å². The predicted octanol–water partition coefficient (Wildman–Crippen LogP) is 2.81. The minimum Gasteiger partial charge on any atom is -0.258 e. The van der Waals surface area contributed by atoms with Crippen molar-refractivity contribution in [3.05, 3.63) is 40.9 Å². The molecular weight excluding hydrogens is 210 g/mol. The van der Waals surface area contributed by atoms with Gasteiger partial charge >= 0.3 is 0 Å². The monoisotopic (exact) mass is 219 g/mol. The summed E-state index contributed by atoms with van der Waals surface area (Å²) in [5, 5.41) is 0.645. The van der Waals surface area contributed by atoms with E-state index in [1.54, 1.807) is 18.5 Å². The zero-order valence-electron chi connectivity index (χ0n) is 8.53. The molecule has 0 aliphatic rings. The molecule has 2 aromatic rings. The quantitative estimate of drug-likeness (QED) is 0.740. The van der Waals surface area contributed by atoms with Crippen molar-refractivity contribution in [3.8, 4) is 11.4 Å². The zero-order chi connectivity index (χ0) is 10.8. The first-order valence-electron chi connectivity index (χ1n) is 4.59. The van der Waals surface area contributed by atoms with Crippen LogP contribution in [0.1, 0.15) is 11.4 Å². The van der Waals surface area contributed by atoms with Gasteiger partial charge in [-0.2, -0.15) is 0 Å². The number of aromatic nitrogens is 3. The summed E-state index contributed by atoms with van der Waals surface area (Å²) in [6, 6.07) is 3.59. The summed E-state index contributed by atoms with van der Waals surface area (Å²) < 4.78 is 0. The molecule has 0 N–H and O–H groups in total. The molecule has 0 saturated heterocycles. The number of rotatable bonds is 1. The van der Waals surface area contributed by atoms with Crippen LogP contribution in [-0.4, -0.2) is 15.0 Å². The number of nitrogens with zero attached hydrogens (tertiary/aromatic N) is 3. The Hall–Kier alpha value is -1.48. The maximum atomic E-state index is 6.15. The summed E-state index contributed by atoms with van der Waals surface area (Å²) in [6.45, 7) is 3.82. The van der Waals surface area contributed by atoms with Crippen LogP contribution in [0.5, 0.6) is 0 Å². The van der Waals surface area contributed by atoms with Crippen molar-refractivity contribution in [2.24, 2.45) is 0 Å². The topological polar surface area (TPSA) is 38.7 Å². The summed E-state index contributed by atoms with van der Waals surface area (Å²) >= 11 is 6.15. The van der Waals surface area contributed by atoms with Gasteiger partial charge in [0.25, 0.3) is 0 Å². The maximum absolute atomic E-state index is 6.15. The predicted molar refractivity (Wildman–Crippen MR) is 59.7 cm³/mol. The third-order valence-corrected chi connectivity index (χ3v) is 2.37. The van der Waals surface area contributed by atoms with Crippen LogP contribution in [0.4, 0.5) is 0 Å². The van der Waals surface area contributed by atoms with Gasteiger partial charge in [-0.25, -0.2) is 9.97 Å². The molecule has 2 heterocycles. The van der Waals surface area contributed by atoms with Gasteiger partial charge in [0.05, 0.1) is 16.3 Å². The highest BCUT2D eigenvalue weighted by Gasteiger charge is 2.10. The fourth-order valence-corrected chi connectivity index (χ4v) is 1.86. The second kappa shape index (κ2) is 3.95. The van der Waals surface area contributed by atoms with Crippen LogP contribution in [0.2, 0.25) is 5.02 Å². The molecule has 0 aliphatic carbocycles. The lowest BCUT2D eigenvalue weighted by Crippen LogP contribution is -1.95. The lowest BCUT2D eigenvalue weighted by atomic mass is 10.1. The van der Waals surface area contributed by atoms with Crippen molar-refractivity contribution >= 4 is 11.6 Å². The van der Waals surface area contributed by atoms with E-state index in [0.29, 0.717) is 10.8 Å². The van der Waals surface area contributed by atoms with E-state index in [-0.39, 0.29) is 0 Å². The van der Waals surface area contributed by atoms with Crippen LogP contribution < -0.4 is 0 Å². The highest BCUT2D eigenvalue weighted by molar-refractivity contribution is 6.33. The van der Waals surface area contributed by atoms with Crippen LogP contribution >= 0.6 is 11.6 Å². The molecule has 2 aromatic heterocycles. The van der Waals surface area contributed by atoms with E-state index in [0.717, 1.165) is 17.0 Å². The lowest BCUT2D eigenvalue weighted by Gasteiger charge is -2.06. The van der Waals surface area contributed by atoms with Gasteiger partial charge in [-0.3, -0.25) is 4.98 Å². The fourth-order valence-electron chi connectivity index (χ4n) is 1.48. The molecule has 0 saturated carbocycles. The summed E-state index contributed by atoms with van der Waals surface area (Å²) in [5.41, 5.74) is 2.56. The summed E-state index contributed by atoms with van der Waals surface area (Å²) in [6.07, 6.45) is 3.38. The van der Waals surface area contributed by atoms with Gasteiger partial charge in [0, 0.05) is 18.1 Å². The van der Waals surface area contributed by atoms with Crippen LogP contribution in [0.25, 0.3) is 11.4 Å². The maximum Gasteiger partial charge on any atom is 0.162 e. The van der Waals surface area contributed by atoms with Crippen molar-refractivity contribution < 1.29 is 0 Å². The first-order valence-corrected chi connectivity index (χ1v) is 4.97. The van der Waals surface area contributed by atoms with Gasteiger partial charge < -0.3 is 0 Å². The fraction of sp³-hybridized carbons (Fsp3) is 0.182. The Bertz CT molecular complexity index is 459. The molecule has 15 heavy (non-hydrogen) atoms. The van der Waals surface area contributed by atoms with Gasteiger partial charge in [-0.1, -0.05) is 11.6 Å². The normalized spacial score (nSPS) is 10.3. The Labute approximate surface area is 93.2 Å². The molecule has 0 amide bonds. The Kier molecular flexibility index (Phi) is 2.64. The zero-order valence-corrected chi connectivity index (χ0v) is 9.28. The van der Waals surface area contributed by atoms with Crippen LogP contribution in [0, 0.1) is 13.8 Å². The van der Waals surface area contributed by atoms with E-state index < -0.39 is 0 Å².